The molecule has 0 saturated carbocycles. The van der Waals surface area contributed by atoms with E-state index in [4.69, 9.17) is 23.7 Å². The maximum Gasteiger partial charge on any atom is 0.343 e. The van der Waals surface area contributed by atoms with Gasteiger partial charge in [0.2, 0.25) is 0 Å². The fourth-order valence-corrected chi connectivity index (χ4v) is 3.19. The second-order valence-corrected chi connectivity index (χ2v) is 8.12. The van der Waals surface area contributed by atoms with Crippen molar-refractivity contribution < 1.29 is 42.9 Å². The van der Waals surface area contributed by atoms with Crippen molar-refractivity contribution in [3.63, 3.8) is 0 Å². The second kappa shape index (κ2) is 17.3. The smallest absolute Gasteiger partial charge is 0.343 e. The maximum absolute atomic E-state index is 12.4. The SMILES string of the molecule is C=CC(=O)OCCCCCCOc1ccc(C(=O)Oc2ccc(C(=O)OCCCC(=O)OCC)cc2)cc1. The van der Waals surface area contributed by atoms with Gasteiger partial charge in [0.25, 0.3) is 0 Å². The second-order valence-electron chi connectivity index (χ2n) is 8.12. The van der Waals surface area contributed by atoms with Crippen molar-refractivity contribution in [2.45, 2.75) is 45.4 Å². The van der Waals surface area contributed by atoms with E-state index in [0.29, 0.717) is 43.1 Å². The van der Waals surface area contributed by atoms with Crippen LogP contribution in [0.15, 0.2) is 61.2 Å². The minimum atomic E-state index is -0.539. The Bertz CT molecular complexity index is 1040. The van der Waals surface area contributed by atoms with Crippen molar-refractivity contribution in [1.82, 2.24) is 0 Å². The minimum absolute atomic E-state index is 0.100. The molecule has 2 rings (SSSR count). The zero-order chi connectivity index (χ0) is 27.6. The number of rotatable bonds is 17. The van der Waals surface area contributed by atoms with Crippen LogP contribution in [-0.4, -0.2) is 50.3 Å². The normalized spacial score (nSPS) is 10.2. The van der Waals surface area contributed by atoms with Gasteiger partial charge in [-0.25, -0.2) is 14.4 Å². The van der Waals surface area contributed by atoms with E-state index in [0.717, 1.165) is 31.8 Å². The van der Waals surface area contributed by atoms with Crippen LogP contribution in [0.25, 0.3) is 0 Å². The van der Waals surface area contributed by atoms with Gasteiger partial charge in [-0.2, -0.15) is 0 Å². The standard InChI is InChI=1S/C29H34O9/c1-3-26(30)36-20-8-6-5-7-19-35-24-15-11-23(12-16-24)29(33)38-25-17-13-22(14-18-25)28(32)37-21-9-10-27(31)34-4-2/h3,11-18H,1,4-10,19-21H2,2H3. The third-order valence-electron chi connectivity index (χ3n) is 5.17. The number of hydrogen-bond donors (Lipinski definition) is 0. The molecule has 0 spiro atoms. The summed E-state index contributed by atoms with van der Waals surface area (Å²) in [6.07, 6.45) is 5.23. The summed E-state index contributed by atoms with van der Waals surface area (Å²) in [5, 5.41) is 0. The molecule has 0 aliphatic rings. The van der Waals surface area contributed by atoms with Gasteiger partial charge in [-0.05, 0) is 87.6 Å². The molecular weight excluding hydrogens is 492 g/mol. The van der Waals surface area contributed by atoms with Gasteiger partial charge in [-0.3, -0.25) is 4.79 Å². The Balaban J connectivity index is 1.67. The van der Waals surface area contributed by atoms with Crippen LogP contribution < -0.4 is 9.47 Å². The monoisotopic (exact) mass is 526 g/mol. The number of carbonyl (C=O) groups is 4. The number of esters is 4. The summed E-state index contributed by atoms with van der Waals surface area (Å²) in [6, 6.07) is 12.7. The first-order chi connectivity index (χ1) is 18.4. The van der Waals surface area contributed by atoms with Crippen LogP contribution in [0.2, 0.25) is 0 Å². The summed E-state index contributed by atoms with van der Waals surface area (Å²) in [4.78, 5) is 46.8. The Hall–Kier alpha value is -4.14. The van der Waals surface area contributed by atoms with Crippen LogP contribution in [0.1, 0.15) is 66.2 Å². The van der Waals surface area contributed by atoms with Gasteiger partial charge < -0.3 is 23.7 Å². The molecule has 0 aromatic heterocycles. The van der Waals surface area contributed by atoms with Crippen molar-refractivity contribution >= 4 is 23.9 Å². The van der Waals surface area contributed by atoms with E-state index in [-0.39, 0.29) is 24.7 Å². The Morgan fingerprint density at radius 1 is 0.684 bits per heavy atom. The van der Waals surface area contributed by atoms with E-state index in [2.05, 4.69) is 6.58 Å². The average Bonchev–Trinajstić information content (AvgIpc) is 2.93. The van der Waals surface area contributed by atoms with Crippen molar-refractivity contribution in [1.29, 1.82) is 0 Å². The third kappa shape index (κ3) is 11.7. The molecule has 0 fully saturated rings. The van der Waals surface area contributed by atoms with Crippen LogP contribution in [0.3, 0.4) is 0 Å². The highest BCUT2D eigenvalue weighted by Gasteiger charge is 2.12. The predicted octanol–water partition coefficient (Wildman–Crippen LogP) is 5.07. The van der Waals surface area contributed by atoms with Gasteiger partial charge in [0.05, 0.1) is 37.6 Å². The summed E-state index contributed by atoms with van der Waals surface area (Å²) in [7, 11) is 0. The highest BCUT2D eigenvalue weighted by Crippen LogP contribution is 2.18. The fraction of sp³-hybridized carbons (Fsp3) is 0.379. The van der Waals surface area contributed by atoms with Gasteiger partial charge in [-0.15, -0.1) is 0 Å². The number of carbonyl (C=O) groups excluding carboxylic acids is 4. The fourth-order valence-electron chi connectivity index (χ4n) is 3.19. The molecule has 0 N–H and O–H groups in total. The Labute approximate surface area is 222 Å². The van der Waals surface area contributed by atoms with Gasteiger partial charge in [-0.1, -0.05) is 6.58 Å². The lowest BCUT2D eigenvalue weighted by Crippen LogP contribution is -2.10. The quantitative estimate of drug-likeness (QED) is 0.0915. The van der Waals surface area contributed by atoms with Gasteiger partial charge in [0.1, 0.15) is 11.5 Å². The summed E-state index contributed by atoms with van der Waals surface area (Å²) in [5.41, 5.74) is 0.662. The summed E-state index contributed by atoms with van der Waals surface area (Å²) >= 11 is 0. The van der Waals surface area contributed by atoms with E-state index in [1.807, 2.05) is 0 Å². The number of unbranched alkanes of at least 4 members (excludes halogenated alkanes) is 3. The van der Waals surface area contributed by atoms with Crippen molar-refractivity contribution in [3.05, 3.63) is 72.3 Å². The van der Waals surface area contributed by atoms with Crippen LogP contribution in [0.4, 0.5) is 0 Å². The lowest BCUT2D eigenvalue weighted by Gasteiger charge is -2.08. The van der Waals surface area contributed by atoms with E-state index < -0.39 is 17.9 Å². The maximum atomic E-state index is 12.4. The van der Waals surface area contributed by atoms with E-state index in [1.54, 1.807) is 31.2 Å². The first-order valence-corrected chi connectivity index (χ1v) is 12.6. The lowest BCUT2D eigenvalue weighted by molar-refractivity contribution is -0.143. The third-order valence-corrected chi connectivity index (χ3v) is 5.17. The first-order valence-electron chi connectivity index (χ1n) is 12.6. The molecule has 0 amide bonds. The molecule has 2 aromatic carbocycles. The highest BCUT2D eigenvalue weighted by molar-refractivity contribution is 5.92. The topological polar surface area (TPSA) is 114 Å². The molecule has 0 atom stereocenters. The zero-order valence-electron chi connectivity index (χ0n) is 21.6. The predicted molar refractivity (Wildman–Crippen MR) is 139 cm³/mol. The largest absolute Gasteiger partial charge is 0.494 e. The van der Waals surface area contributed by atoms with Gasteiger partial charge in [0, 0.05) is 12.5 Å². The Kier molecular flexibility index (Phi) is 13.7. The molecule has 204 valence electrons. The number of hydrogen-bond acceptors (Lipinski definition) is 9. The molecule has 0 unspecified atom stereocenters. The van der Waals surface area contributed by atoms with E-state index in [1.165, 1.54) is 24.3 Å². The van der Waals surface area contributed by atoms with Crippen LogP contribution in [-0.2, 0) is 23.8 Å². The molecule has 2 aromatic rings. The average molecular weight is 527 g/mol. The van der Waals surface area contributed by atoms with Gasteiger partial charge in [0.15, 0.2) is 0 Å². The number of benzene rings is 2. The molecule has 9 heteroatoms. The van der Waals surface area contributed by atoms with Crippen molar-refractivity contribution in [2.75, 3.05) is 26.4 Å². The molecule has 0 bridgehead atoms. The first kappa shape index (κ1) is 30.1. The summed E-state index contributed by atoms with van der Waals surface area (Å²) in [5.74, 6) is -0.873. The van der Waals surface area contributed by atoms with Crippen molar-refractivity contribution in [3.8, 4) is 11.5 Å². The molecule has 0 heterocycles. The molecule has 0 radical (unpaired) electrons. The molecule has 0 saturated heterocycles. The van der Waals surface area contributed by atoms with Crippen LogP contribution in [0.5, 0.6) is 11.5 Å². The van der Waals surface area contributed by atoms with Crippen LogP contribution >= 0.6 is 0 Å². The minimum Gasteiger partial charge on any atom is -0.494 e. The molecule has 9 nitrogen and oxygen atoms in total. The van der Waals surface area contributed by atoms with Crippen LogP contribution in [0, 0.1) is 0 Å². The summed E-state index contributed by atoms with van der Waals surface area (Å²) < 4.78 is 25.9. The molecule has 0 aliphatic heterocycles. The van der Waals surface area contributed by atoms with Crippen molar-refractivity contribution in [2.24, 2.45) is 0 Å². The highest BCUT2D eigenvalue weighted by atomic mass is 16.5. The molecule has 0 aliphatic carbocycles. The van der Waals surface area contributed by atoms with E-state index in [9.17, 15) is 19.2 Å². The zero-order valence-corrected chi connectivity index (χ0v) is 21.6. The Morgan fingerprint density at radius 2 is 1.26 bits per heavy atom. The van der Waals surface area contributed by atoms with Gasteiger partial charge >= 0.3 is 23.9 Å². The number of ether oxygens (including phenoxy) is 5. The lowest BCUT2D eigenvalue weighted by atomic mass is 10.2. The van der Waals surface area contributed by atoms with E-state index >= 15 is 0 Å². The molecular formula is C29H34O9. The summed E-state index contributed by atoms with van der Waals surface area (Å²) in [6.45, 7) is 6.42. The Morgan fingerprint density at radius 3 is 1.89 bits per heavy atom. The molecule has 38 heavy (non-hydrogen) atoms.